The quantitative estimate of drug-likeness (QED) is 0.469. The molecule has 9 nitrogen and oxygen atoms in total. The molecular formula is C26H29FN6O3. The van der Waals surface area contributed by atoms with E-state index >= 15 is 0 Å². The minimum atomic E-state index is -0.347. The molecule has 188 valence electrons. The van der Waals surface area contributed by atoms with Crippen molar-refractivity contribution in [2.75, 3.05) is 5.32 Å². The number of hydrogen-bond acceptors (Lipinski definition) is 6. The van der Waals surface area contributed by atoms with Crippen molar-refractivity contribution in [1.29, 1.82) is 0 Å². The van der Waals surface area contributed by atoms with Gasteiger partial charge in [-0.2, -0.15) is 10.2 Å². The second kappa shape index (κ2) is 10.7. The van der Waals surface area contributed by atoms with E-state index in [1.807, 2.05) is 13.8 Å². The largest absolute Gasteiger partial charge is 0.462 e. The first-order chi connectivity index (χ1) is 17.2. The third kappa shape index (κ3) is 5.42. The van der Waals surface area contributed by atoms with Crippen LogP contribution in [0, 0.1) is 11.7 Å². The number of amides is 2. The number of carbonyl (C=O) groups is 2. The SMILES string of the molecule is C=C(Oc1ccc(F)cc1)[C@H]1CCC[C@@H]1N(C(=O)c1nc(NC(C)=O)ccc1-n1nccn1)C(C)C. The maximum Gasteiger partial charge on any atom is 0.275 e. The van der Waals surface area contributed by atoms with E-state index in [1.165, 1.54) is 36.2 Å². The fraction of sp³-hybridized carbons (Fsp3) is 0.346. The van der Waals surface area contributed by atoms with Crippen LogP contribution in [0.25, 0.3) is 5.69 Å². The van der Waals surface area contributed by atoms with Gasteiger partial charge in [0.05, 0.1) is 12.4 Å². The molecule has 2 aromatic heterocycles. The van der Waals surface area contributed by atoms with Crippen molar-refractivity contribution in [3.05, 3.63) is 72.6 Å². The molecule has 0 radical (unpaired) electrons. The fourth-order valence-electron chi connectivity index (χ4n) is 4.63. The summed E-state index contributed by atoms with van der Waals surface area (Å²) >= 11 is 0. The summed E-state index contributed by atoms with van der Waals surface area (Å²) < 4.78 is 19.3. The number of anilines is 1. The van der Waals surface area contributed by atoms with Crippen molar-refractivity contribution in [2.24, 2.45) is 5.92 Å². The number of hydrogen-bond donors (Lipinski definition) is 1. The number of nitrogens with one attached hydrogen (secondary N) is 1. The van der Waals surface area contributed by atoms with Gasteiger partial charge in [0.2, 0.25) is 5.91 Å². The predicted octanol–water partition coefficient (Wildman–Crippen LogP) is 4.37. The van der Waals surface area contributed by atoms with Crippen molar-refractivity contribution < 1.29 is 18.7 Å². The van der Waals surface area contributed by atoms with Gasteiger partial charge in [-0.05, 0) is 63.1 Å². The summed E-state index contributed by atoms with van der Waals surface area (Å²) in [6, 6.07) is 8.68. The molecule has 0 aliphatic heterocycles. The first-order valence-corrected chi connectivity index (χ1v) is 11.8. The number of nitrogens with zero attached hydrogens (tertiary/aromatic N) is 5. The van der Waals surface area contributed by atoms with Crippen LogP contribution in [0.3, 0.4) is 0 Å². The van der Waals surface area contributed by atoms with Gasteiger partial charge in [-0.25, -0.2) is 9.37 Å². The van der Waals surface area contributed by atoms with Crippen LogP contribution < -0.4 is 10.1 Å². The first kappa shape index (κ1) is 25.0. The van der Waals surface area contributed by atoms with Crippen molar-refractivity contribution in [2.45, 2.75) is 52.1 Å². The van der Waals surface area contributed by atoms with E-state index in [2.05, 4.69) is 27.1 Å². The lowest BCUT2D eigenvalue weighted by molar-refractivity contribution is -0.114. The standard InChI is InChI=1S/C26H29FN6O3/c1-16(2)32(22-7-5-6-21(22)17(3)36-20-10-8-19(27)9-11-20)26(35)25-23(33-28-14-15-29-33)12-13-24(31-25)30-18(4)34/h8-16,21-22H,3,5-7H2,1-2,4H3,(H,30,31,34)/t21-,22+/m1/s1. The highest BCUT2D eigenvalue weighted by Gasteiger charge is 2.40. The maximum absolute atomic E-state index is 14.1. The molecule has 3 aromatic rings. The molecule has 0 spiro atoms. The van der Waals surface area contributed by atoms with Gasteiger partial charge in [-0.3, -0.25) is 9.59 Å². The highest BCUT2D eigenvalue weighted by Crippen LogP contribution is 2.37. The predicted molar refractivity (Wildman–Crippen MR) is 132 cm³/mol. The Kier molecular flexibility index (Phi) is 7.42. The zero-order valence-corrected chi connectivity index (χ0v) is 20.5. The van der Waals surface area contributed by atoms with Crippen LogP contribution in [0.15, 0.2) is 61.1 Å². The molecule has 1 fully saturated rings. The molecular weight excluding hydrogens is 463 g/mol. The maximum atomic E-state index is 14.1. The molecule has 2 atom stereocenters. The van der Waals surface area contributed by atoms with Crippen LogP contribution >= 0.6 is 0 Å². The Labute approximate surface area is 209 Å². The zero-order valence-electron chi connectivity index (χ0n) is 20.5. The first-order valence-electron chi connectivity index (χ1n) is 11.8. The van der Waals surface area contributed by atoms with Crippen LogP contribution in [0.4, 0.5) is 10.2 Å². The molecule has 1 aliphatic carbocycles. The van der Waals surface area contributed by atoms with Gasteiger partial charge in [0.15, 0.2) is 5.69 Å². The third-order valence-electron chi connectivity index (χ3n) is 6.12. The van der Waals surface area contributed by atoms with Gasteiger partial charge in [0.25, 0.3) is 5.91 Å². The van der Waals surface area contributed by atoms with Gasteiger partial charge in [-0.15, -0.1) is 4.80 Å². The highest BCUT2D eigenvalue weighted by molar-refractivity contribution is 5.97. The molecule has 4 rings (SSSR count). The number of aromatic nitrogens is 4. The number of rotatable bonds is 8. The number of halogens is 1. The Morgan fingerprint density at radius 2 is 1.83 bits per heavy atom. The van der Waals surface area contributed by atoms with E-state index in [0.717, 1.165) is 19.3 Å². The van der Waals surface area contributed by atoms with Gasteiger partial charge in [-0.1, -0.05) is 13.0 Å². The van der Waals surface area contributed by atoms with E-state index in [4.69, 9.17) is 4.74 Å². The summed E-state index contributed by atoms with van der Waals surface area (Å²) in [5, 5.41) is 11.0. The summed E-state index contributed by atoms with van der Waals surface area (Å²) in [6.45, 7) is 9.41. The number of ether oxygens (including phenoxy) is 1. The van der Waals surface area contributed by atoms with Crippen LogP contribution in [-0.2, 0) is 4.79 Å². The molecule has 0 unspecified atom stereocenters. The molecule has 1 aromatic carbocycles. The molecule has 0 bridgehead atoms. The average Bonchev–Trinajstić information content (AvgIpc) is 3.53. The lowest BCUT2D eigenvalue weighted by Gasteiger charge is -2.36. The van der Waals surface area contributed by atoms with Crippen molar-refractivity contribution in [1.82, 2.24) is 24.9 Å². The molecule has 1 N–H and O–H groups in total. The summed E-state index contributed by atoms with van der Waals surface area (Å²) in [5.74, 6) is 0.207. The molecule has 1 saturated carbocycles. The summed E-state index contributed by atoms with van der Waals surface area (Å²) in [6.07, 6.45) is 5.49. The number of pyridine rings is 1. The Balaban J connectivity index is 1.66. The normalized spacial score (nSPS) is 17.1. The average molecular weight is 493 g/mol. The van der Waals surface area contributed by atoms with E-state index in [0.29, 0.717) is 17.2 Å². The lowest BCUT2D eigenvalue weighted by Crippen LogP contribution is -2.47. The topological polar surface area (TPSA) is 102 Å². The van der Waals surface area contributed by atoms with Crippen molar-refractivity contribution in [3.63, 3.8) is 0 Å². The minimum Gasteiger partial charge on any atom is -0.462 e. The molecule has 2 heterocycles. The Bertz CT molecular complexity index is 1240. The van der Waals surface area contributed by atoms with Crippen molar-refractivity contribution >= 4 is 17.6 Å². The Morgan fingerprint density at radius 3 is 2.47 bits per heavy atom. The Hall–Kier alpha value is -4.08. The number of carbonyl (C=O) groups excluding carboxylic acids is 2. The summed E-state index contributed by atoms with van der Waals surface area (Å²) in [7, 11) is 0. The molecule has 0 saturated heterocycles. The molecule has 1 aliphatic rings. The van der Waals surface area contributed by atoms with Gasteiger partial charge in [0.1, 0.15) is 28.8 Å². The van der Waals surface area contributed by atoms with Gasteiger partial charge in [0, 0.05) is 24.9 Å². The smallest absolute Gasteiger partial charge is 0.275 e. The molecule has 10 heteroatoms. The number of benzene rings is 1. The second-order valence-corrected chi connectivity index (χ2v) is 9.00. The zero-order chi connectivity index (χ0) is 25.8. The summed E-state index contributed by atoms with van der Waals surface area (Å²) in [4.78, 5) is 33.3. The van der Waals surface area contributed by atoms with Gasteiger partial charge >= 0.3 is 0 Å². The van der Waals surface area contributed by atoms with Gasteiger partial charge < -0.3 is 15.0 Å². The summed E-state index contributed by atoms with van der Waals surface area (Å²) in [5.41, 5.74) is 0.530. The second-order valence-electron chi connectivity index (χ2n) is 9.00. The van der Waals surface area contributed by atoms with Crippen LogP contribution in [-0.4, -0.2) is 48.8 Å². The monoisotopic (exact) mass is 492 g/mol. The van der Waals surface area contributed by atoms with Crippen LogP contribution in [0.5, 0.6) is 5.75 Å². The van der Waals surface area contributed by atoms with E-state index in [1.54, 1.807) is 29.2 Å². The molecule has 2 amide bonds. The van der Waals surface area contributed by atoms with Crippen molar-refractivity contribution in [3.8, 4) is 11.4 Å². The van der Waals surface area contributed by atoms with Crippen LogP contribution in [0.1, 0.15) is 50.5 Å². The Morgan fingerprint density at radius 1 is 1.14 bits per heavy atom. The van der Waals surface area contributed by atoms with Crippen LogP contribution in [0.2, 0.25) is 0 Å². The van der Waals surface area contributed by atoms with E-state index in [9.17, 15) is 14.0 Å². The van der Waals surface area contributed by atoms with E-state index < -0.39 is 0 Å². The third-order valence-corrected chi connectivity index (χ3v) is 6.12. The highest BCUT2D eigenvalue weighted by atomic mass is 19.1. The minimum absolute atomic E-state index is 0.119. The van der Waals surface area contributed by atoms with E-state index in [-0.39, 0.29) is 47.1 Å². The lowest BCUT2D eigenvalue weighted by atomic mass is 9.98. The molecule has 36 heavy (non-hydrogen) atoms. The fourth-order valence-corrected chi connectivity index (χ4v) is 4.63.